The minimum Gasteiger partial charge on any atom is -0.486 e. The lowest BCUT2D eigenvalue weighted by Crippen LogP contribution is -2.33. The third-order valence-corrected chi connectivity index (χ3v) is 4.36. The second kappa shape index (κ2) is 8.56. The molecule has 0 saturated heterocycles. The predicted molar refractivity (Wildman–Crippen MR) is 98.1 cm³/mol. The first-order valence-corrected chi connectivity index (χ1v) is 8.92. The Hall–Kier alpha value is -2.49. The van der Waals surface area contributed by atoms with E-state index in [0.717, 1.165) is 29.9 Å². The van der Waals surface area contributed by atoms with Gasteiger partial charge in [-0.05, 0) is 49.4 Å². The Morgan fingerprint density at radius 2 is 1.76 bits per heavy atom. The highest BCUT2D eigenvalue weighted by Gasteiger charge is 2.13. The average molecular weight is 339 g/mol. The quantitative estimate of drug-likeness (QED) is 0.839. The summed E-state index contributed by atoms with van der Waals surface area (Å²) in [6, 6.07) is 16.4. The van der Waals surface area contributed by atoms with Crippen molar-refractivity contribution in [3.63, 3.8) is 0 Å². The summed E-state index contributed by atoms with van der Waals surface area (Å²) in [5.74, 6) is 1.66. The van der Waals surface area contributed by atoms with Crippen LogP contribution in [0.15, 0.2) is 48.5 Å². The maximum absolute atomic E-state index is 12.2. The number of hydrogen-bond acceptors (Lipinski definition) is 3. The SMILES string of the molecule is C[C@@H](CCc1ccccc1)NC(=O)CCc1ccc2c(c1)OCCO2. The number of carbonyl (C=O) groups excluding carboxylic acids is 1. The van der Waals surface area contributed by atoms with Crippen LogP contribution in [0.25, 0.3) is 0 Å². The molecule has 0 radical (unpaired) electrons. The molecule has 1 atom stereocenters. The third-order valence-electron chi connectivity index (χ3n) is 4.36. The zero-order valence-corrected chi connectivity index (χ0v) is 14.7. The second-order valence-corrected chi connectivity index (χ2v) is 6.47. The molecule has 3 rings (SSSR count). The first kappa shape index (κ1) is 17.3. The average Bonchev–Trinajstić information content (AvgIpc) is 2.65. The van der Waals surface area contributed by atoms with E-state index < -0.39 is 0 Å². The predicted octanol–water partition coefficient (Wildman–Crippen LogP) is 3.53. The molecule has 1 heterocycles. The van der Waals surface area contributed by atoms with Crippen LogP contribution in [0.5, 0.6) is 11.5 Å². The van der Waals surface area contributed by atoms with Crippen LogP contribution in [-0.2, 0) is 17.6 Å². The topological polar surface area (TPSA) is 47.6 Å². The van der Waals surface area contributed by atoms with Gasteiger partial charge in [-0.2, -0.15) is 0 Å². The van der Waals surface area contributed by atoms with Crippen molar-refractivity contribution in [2.24, 2.45) is 0 Å². The Morgan fingerprint density at radius 3 is 2.56 bits per heavy atom. The molecule has 0 aliphatic carbocycles. The lowest BCUT2D eigenvalue weighted by atomic mass is 10.1. The van der Waals surface area contributed by atoms with Gasteiger partial charge in [-0.25, -0.2) is 0 Å². The molecule has 0 bridgehead atoms. The smallest absolute Gasteiger partial charge is 0.220 e. The molecule has 0 unspecified atom stereocenters. The maximum Gasteiger partial charge on any atom is 0.220 e. The number of benzene rings is 2. The van der Waals surface area contributed by atoms with E-state index in [4.69, 9.17) is 9.47 Å². The van der Waals surface area contributed by atoms with Gasteiger partial charge in [0.25, 0.3) is 0 Å². The molecule has 4 nitrogen and oxygen atoms in total. The van der Waals surface area contributed by atoms with E-state index in [9.17, 15) is 4.79 Å². The van der Waals surface area contributed by atoms with Crippen molar-refractivity contribution in [3.05, 3.63) is 59.7 Å². The van der Waals surface area contributed by atoms with Gasteiger partial charge in [-0.15, -0.1) is 0 Å². The van der Waals surface area contributed by atoms with Crippen molar-refractivity contribution in [3.8, 4) is 11.5 Å². The first-order chi connectivity index (χ1) is 12.2. The minimum atomic E-state index is 0.0930. The van der Waals surface area contributed by atoms with E-state index in [1.54, 1.807) is 0 Å². The van der Waals surface area contributed by atoms with E-state index in [-0.39, 0.29) is 11.9 Å². The van der Waals surface area contributed by atoms with Crippen LogP contribution < -0.4 is 14.8 Å². The van der Waals surface area contributed by atoms with Crippen molar-refractivity contribution in [2.45, 2.75) is 38.6 Å². The Bertz CT molecular complexity index is 700. The van der Waals surface area contributed by atoms with Crippen LogP contribution in [0.2, 0.25) is 0 Å². The second-order valence-electron chi connectivity index (χ2n) is 6.47. The molecule has 0 fully saturated rings. The number of rotatable bonds is 7. The van der Waals surface area contributed by atoms with Gasteiger partial charge in [0.1, 0.15) is 13.2 Å². The van der Waals surface area contributed by atoms with E-state index in [0.29, 0.717) is 26.1 Å². The molecule has 2 aromatic rings. The normalized spacial score (nSPS) is 14.0. The summed E-state index contributed by atoms with van der Waals surface area (Å²) in [7, 11) is 0. The van der Waals surface area contributed by atoms with Crippen molar-refractivity contribution in [2.75, 3.05) is 13.2 Å². The molecule has 25 heavy (non-hydrogen) atoms. The molecular weight excluding hydrogens is 314 g/mol. The molecule has 0 aromatic heterocycles. The molecule has 1 amide bonds. The van der Waals surface area contributed by atoms with E-state index in [1.807, 2.05) is 36.4 Å². The fourth-order valence-electron chi connectivity index (χ4n) is 2.95. The Balaban J connectivity index is 1.41. The van der Waals surface area contributed by atoms with E-state index in [1.165, 1.54) is 5.56 Å². The molecule has 0 saturated carbocycles. The molecule has 0 spiro atoms. The summed E-state index contributed by atoms with van der Waals surface area (Å²) < 4.78 is 11.1. The zero-order valence-electron chi connectivity index (χ0n) is 14.7. The van der Waals surface area contributed by atoms with Crippen molar-refractivity contribution < 1.29 is 14.3 Å². The largest absolute Gasteiger partial charge is 0.486 e. The summed E-state index contributed by atoms with van der Waals surface area (Å²) in [5, 5.41) is 3.09. The summed E-state index contributed by atoms with van der Waals surface area (Å²) in [5.41, 5.74) is 2.40. The van der Waals surface area contributed by atoms with Crippen LogP contribution in [0.4, 0.5) is 0 Å². The van der Waals surface area contributed by atoms with Gasteiger partial charge in [0.05, 0.1) is 0 Å². The number of hydrogen-bond donors (Lipinski definition) is 1. The molecule has 1 N–H and O–H groups in total. The lowest BCUT2D eigenvalue weighted by molar-refractivity contribution is -0.121. The van der Waals surface area contributed by atoms with Crippen molar-refractivity contribution >= 4 is 5.91 Å². The number of amides is 1. The van der Waals surface area contributed by atoms with Crippen LogP contribution >= 0.6 is 0 Å². The van der Waals surface area contributed by atoms with Gasteiger partial charge >= 0.3 is 0 Å². The lowest BCUT2D eigenvalue weighted by Gasteiger charge is -2.19. The van der Waals surface area contributed by atoms with Gasteiger partial charge in [-0.1, -0.05) is 36.4 Å². The van der Waals surface area contributed by atoms with Crippen LogP contribution in [0, 0.1) is 0 Å². The Kier molecular flexibility index (Phi) is 5.94. The van der Waals surface area contributed by atoms with Gasteiger partial charge in [0.2, 0.25) is 5.91 Å². The summed E-state index contributed by atoms with van der Waals surface area (Å²) in [6.45, 7) is 3.23. The van der Waals surface area contributed by atoms with Crippen LogP contribution in [-0.4, -0.2) is 25.2 Å². The highest BCUT2D eigenvalue weighted by atomic mass is 16.6. The number of ether oxygens (including phenoxy) is 2. The molecule has 2 aromatic carbocycles. The van der Waals surface area contributed by atoms with E-state index >= 15 is 0 Å². The van der Waals surface area contributed by atoms with E-state index in [2.05, 4.69) is 24.4 Å². The number of fused-ring (bicyclic) bond motifs is 1. The number of carbonyl (C=O) groups is 1. The molecule has 1 aliphatic heterocycles. The maximum atomic E-state index is 12.2. The first-order valence-electron chi connectivity index (χ1n) is 8.92. The number of aryl methyl sites for hydroxylation is 2. The molecule has 1 aliphatic rings. The standard InChI is InChI=1S/C21H25NO3/c1-16(7-8-17-5-3-2-4-6-17)22-21(23)12-10-18-9-11-19-20(15-18)25-14-13-24-19/h2-6,9,11,15-16H,7-8,10,12-14H2,1H3,(H,22,23)/t16-/m0/s1. The van der Waals surface area contributed by atoms with Crippen molar-refractivity contribution in [1.82, 2.24) is 5.32 Å². The minimum absolute atomic E-state index is 0.0930. The molecule has 4 heteroatoms. The summed E-state index contributed by atoms with van der Waals surface area (Å²) in [6.07, 6.45) is 3.10. The van der Waals surface area contributed by atoms with Gasteiger partial charge < -0.3 is 14.8 Å². The zero-order chi connectivity index (χ0) is 17.5. The van der Waals surface area contributed by atoms with Gasteiger partial charge in [-0.3, -0.25) is 4.79 Å². The fourth-order valence-corrected chi connectivity index (χ4v) is 2.95. The van der Waals surface area contributed by atoms with Gasteiger partial charge in [0, 0.05) is 12.5 Å². The van der Waals surface area contributed by atoms with Crippen LogP contribution in [0.3, 0.4) is 0 Å². The molecular formula is C21H25NO3. The monoisotopic (exact) mass is 339 g/mol. The summed E-state index contributed by atoms with van der Waals surface area (Å²) >= 11 is 0. The third kappa shape index (κ3) is 5.24. The fraction of sp³-hybridized carbons (Fsp3) is 0.381. The highest BCUT2D eigenvalue weighted by Crippen LogP contribution is 2.31. The Morgan fingerprint density at radius 1 is 1.00 bits per heavy atom. The van der Waals surface area contributed by atoms with Crippen LogP contribution in [0.1, 0.15) is 30.9 Å². The van der Waals surface area contributed by atoms with Gasteiger partial charge in [0.15, 0.2) is 11.5 Å². The van der Waals surface area contributed by atoms with Crippen molar-refractivity contribution in [1.29, 1.82) is 0 Å². The number of nitrogens with one attached hydrogen (secondary N) is 1. The molecule has 132 valence electrons. The highest BCUT2D eigenvalue weighted by molar-refractivity contribution is 5.76. The Labute approximate surface area is 149 Å². The summed E-state index contributed by atoms with van der Waals surface area (Å²) in [4.78, 5) is 12.2.